The first-order valence-corrected chi connectivity index (χ1v) is 8.68. The van der Waals surface area contributed by atoms with Crippen LogP contribution in [-0.4, -0.2) is 13.6 Å². The second-order valence-corrected chi connectivity index (χ2v) is 7.25. The maximum Gasteiger partial charge on any atom is 0.238 e. The van der Waals surface area contributed by atoms with Gasteiger partial charge in [0.1, 0.15) is 17.3 Å². The molecule has 0 aliphatic heterocycles. The van der Waals surface area contributed by atoms with Gasteiger partial charge in [-0.1, -0.05) is 33.2 Å². The molecule has 114 valence electrons. The van der Waals surface area contributed by atoms with Gasteiger partial charge in [0, 0.05) is 9.86 Å². The Balaban J connectivity index is 1.87. The van der Waals surface area contributed by atoms with E-state index < -0.39 is 21.6 Å². The van der Waals surface area contributed by atoms with Crippen LogP contribution in [0.2, 0.25) is 0 Å². The minimum absolute atomic E-state index is 0.115. The van der Waals surface area contributed by atoms with E-state index in [-0.39, 0.29) is 11.4 Å². The van der Waals surface area contributed by atoms with E-state index in [9.17, 15) is 12.8 Å². The molecule has 0 unspecified atom stereocenters. The van der Waals surface area contributed by atoms with Crippen molar-refractivity contribution in [3.63, 3.8) is 0 Å². The summed E-state index contributed by atoms with van der Waals surface area (Å²) in [6.07, 6.45) is 0. The van der Waals surface area contributed by atoms with Crippen LogP contribution in [0.15, 0.2) is 51.5 Å². The van der Waals surface area contributed by atoms with Gasteiger partial charge in [-0.25, -0.2) is 12.8 Å². The highest BCUT2D eigenvalue weighted by Crippen LogP contribution is 2.23. The molecule has 0 aliphatic carbocycles. The van der Waals surface area contributed by atoms with Gasteiger partial charge in [-0.2, -0.15) is 0 Å². The average Bonchev–Trinajstić information content (AvgIpc) is 2.85. The number of hydrogen-bond donors (Lipinski definition) is 1. The van der Waals surface area contributed by atoms with Crippen LogP contribution in [-0.2, 0) is 15.8 Å². The molecule has 0 bridgehead atoms. The van der Waals surface area contributed by atoms with Crippen molar-refractivity contribution in [1.82, 2.24) is 5.16 Å². The van der Waals surface area contributed by atoms with Gasteiger partial charge >= 0.3 is 0 Å². The van der Waals surface area contributed by atoms with E-state index in [4.69, 9.17) is 4.52 Å². The first-order valence-electron chi connectivity index (χ1n) is 6.23. The summed E-state index contributed by atoms with van der Waals surface area (Å²) < 4.78 is 45.9. The molecular weight excluding hydrogens is 375 g/mol. The highest BCUT2D eigenvalue weighted by atomic mass is 79.9. The molecule has 0 saturated carbocycles. The Bertz CT molecular complexity index is 940. The maximum atomic E-state index is 13.7. The normalized spacial score (nSPS) is 11.7. The van der Waals surface area contributed by atoms with Crippen molar-refractivity contribution in [2.24, 2.45) is 0 Å². The van der Waals surface area contributed by atoms with Crippen LogP contribution < -0.4 is 4.72 Å². The number of benzene rings is 2. The van der Waals surface area contributed by atoms with Gasteiger partial charge in [0.2, 0.25) is 10.0 Å². The molecule has 22 heavy (non-hydrogen) atoms. The van der Waals surface area contributed by atoms with Crippen LogP contribution in [0.4, 0.5) is 10.1 Å². The van der Waals surface area contributed by atoms with Crippen LogP contribution in [0.3, 0.4) is 0 Å². The van der Waals surface area contributed by atoms with Crippen molar-refractivity contribution in [2.45, 2.75) is 5.75 Å². The van der Waals surface area contributed by atoms with Gasteiger partial charge < -0.3 is 4.52 Å². The van der Waals surface area contributed by atoms with Gasteiger partial charge in [-0.3, -0.25) is 4.72 Å². The number of halogens is 2. The molecule has 1 N–H and O–H groups in total. The van der Waals surface area contributed by atoms with Crippen molar-refractivity contribution in [3.8, 4) is 0 Å². The van der Waals surface area contributed by atoms with E-state index in [1.807, 2.05) is 0 Å². The Kier molecular flexibility index (Phi) is 3.88. The van der Waals surface area contributed by atoms with Gasteiger partial charge in [0.05, 0.1) is 5.69 Å². The zero-order chi connectivity index (χ0) is 15.7. The molecule has 3 aromatic rings. The second kappa shape index (κ2) is 5.69. The fraction of sp³-hybridized carbons (Fsp3) is 0.0714. The van der Waals surface area contributed by atoms with E-state index in [0.717, 1.165) is 0 Å². The second-order valence-electron chi connectivity index (χ2n) is 4.61. The molecular formula is C14H10BrFN2O3S. The lowest BCUT2D eigenvalue weighted by atomic mass is 10.2. The standard InChI is InChI=1S/C14H10BrFN2O3S/c15-9-5-6-12(11(16)7-9)18-22(19,20)8-13-10-3-1-2-4-14(10)21-17-13/h1-7,18H,8H2. The minimum atomic E-state index is -3.81. The summed E-state index contributed by atoms with van der Waals surface area (Å²) >= 11 is 3.11. The number of nitrogens with zero attached hydrogens (tertiary/aromatic N) is 1. The molecule has 1 aromatic heterocycles. The Labute approximate surface area is 134 Å². The van der Waals surface area contributed by atoms with Gasteiger partial charge in [-0.05, 0) is 30.3 Å². The van der Waals surface area contributed by atoms with E-state index in [0.29, 0.717) is 15.4 Å². The zero-order valence-electron chi connectivity index (χ0n) is 11.1. The maximum absolute atomic E-state index is 13.7. The SMILES string of the molecule is O=S(=O)(Cc1noc2ccccc12)Nc1ccc(Br)cc1F. The first kappa shape index (κ1) is 15.0. The molecule has 0 aliphatic rings. The fourth-order valence-corrected chi connectivity index (χ4v) is 3.47. The molecule has 0 fully saturated rings. The topological polar surface area (TPSA) is 72.2 Å². The molecule has 8 heteroatoms. The van der Waals surface area contributed by atoms with E-state index >= 15 is 0 Å². The predicted octanol–water partition coefficient (Wildman–Crippen LogP) is 3.67. The number of sulfonamides is 1. The monoisotopic (exact) mass is 384 g/mol. The van der Waals surface area contributed by atoms with Gasteiger partial charge in [-0.15, -0.1) is 0 Å². The predicted molar refractivity (Wildman–Crippen MR) is 84.4 cm³/mol. The molecule has 0 saturated heterocycles. The van der Waals surface area contributed by atoms with Gasteiger partial charge in [0.15, 0.2) is 5.58 Å². The van der Waals surface area contributed by atoms with Crippen LogP contribution >= 0.6 is 15.9 Å². The Morgan fingerprint density at radius 2 is 2.00 bits per heavy atom. The van der Waals surface area contributed by atoms with Gasteiger partial charge in [0.25, 0.3) is 0 Å². The van der Waals surface area contributed by atoms with Crippen molar-refractivity contribution in [1.29, 1.82) is 0 Å². The van der Waals surface area contributed by atoms with E-state index in [2.05, 4.69) is 25.8 Å². The number of hydrogen-bond acceptors (Lipinski definition) is 4. The van der Waals surface area contributed by atoms with Crippen LogP contribution in [0.5, 0.6) is 0 Å². The molecule has 0 amide bonds. The molecule has 5 nitrogen and oxygen atoms in total. The summed E-state index contributed by atoms with van der Waals surface area (Å²) in [5.41, 5.74) is 0.666. The summed E-state index contributed by atoms with van der Waals surface area (Å²) in [5.74, 6) is -1.07. The number of aromatic nitrogens is 1. The summed E-state index contributed by atoms with van der Waals surface area (Å²) in [5, 5.41) is 4.38. The Morgan fingerprint density at radius 1 is 1.23 bits per heavy atom. The molecule has 1 heterocycles. The largest absolute Gasteiger partial charge is 0.356 e. The number of fused-ring (bicyclic) bond motifs is 1. The third-order valence-corrected chi connectivity index (χ3v) is 4.65. The third kappa shape index (κ3) is 3.12. The highest BCUT2D eigenvalue weighted by Gasteiger charge is 2.19. The zero-order valence-corrected chi connectivity index (χ0v) is 13.5. The van der Waals surface area contributed by atoms with E-state index in [1.165, 1.54) is 12.1 Å². The van der Waals surface area contributed by atoms with Crippen LogP contribution in [0, 0.1) is 5.82 Å². The number of nitrogens with one attached hydrogen (secondary N) is 1. The molecule has 0 spiro atoms. The van der Waals surface area contributed by atoms with Crippen molar-refractivity contribution >= 4 is 42.6 Å². The smallest absolute Gasteiger partial charge is 0.238 e. The fourth-order valence-electron chi connectivity index (χ4n) is 2.00. The lowest BCUT2D eigenvalue weighted by molar-refractivity contribution is 0.448. The average molecular weight is 385 g/mol. The molecule has 2 aromatic carbocycles. The summed E-state index contributed by atoms with van der Waals surface area (Å²) in [6, 6.07) is 11.0. The molecule has 0 atom stereocenters. The van der Waals surface area contributed by atoms with Crippen LogP contribution in [0.25, 0.3) is 11.0 Å². The Hall–Kier alpha value is -1.93. The molecule has 0 radical (unpaired) electrons. The van der Waals surface area contributed by atoms with Crippen LogP contribution in [0.1, 0.15) is 5.69 Å². The van der Waals surface area contributed by atoms with Crippen molar-refractivity contribution in [3.05, 3.63) is 58.4 Å². The third-order valence-electron chi connectivity index (χ3n) is 2.98. The highest BCUT2D eigenvalue weighted by molar-refractivity contribution is 9.10. The van der Waals surface area contributed by atoms with Crippen molar-refractivity contribution in [2.75, 3.05) is 4.72 Å². The number of para-hydroxylation sites is 1. The van der Waals surface area contributed by atoms with Crippen molar-refractivity contribution < 1.29 is 17.3 Å². The Morgan fingerprint density at radius 3 is 2.77 bits per heavy atom. The minimum Gasteiger partial charge on any atom is -0.356 e. The van der Waals surface area contributed by atoms with E-state index in [1.54, 1.807) is 30.3 Å². The lowest BCUT2D eigenvalue weighted by Gasteiger charge is -2.08. The number of anilines is 1. The summed E-state index contributed by atoms with van der Waals surface area (Å²) in [6.45, 7) is 0. The number of rotatable bonds is 4. The first-order chi connectivity index (χ1) is 10.4. The molecule has 3 rings (SSSR count). The summed E-state index contributed by atoms with van der Waals surface area (Å²) in [4.78, 5) is 0. The lowest BCUT2D eigenvalue weighted by Crippen LogP contribution is -2.16. The summed E-state index contributed by atoms with van der Waals surface area (Å²) in [7, 11) is -3.81. The quantitative estimate of drug-likeness (QED) is 0.744.